The molecule has 20 heavy (non-hydrogen) atoms. The van der Waals surface area contributed by atoms with Gasteiger partial charge in [0.2, 0.25) is 0 Å². The van der Waals surface area contributed by atoms with E-state index in [0.717, 1.165) is 29.9 Å². The first kappa shape index (κ1) is 13.6. The highest BCUT2D eigenvalue weighted by Crippen LogP contribution is 2.42. The summed E-state index contributed by atoms with van der Waals surface area (Å²) in [6.07, 6.45) is 9.16. The fourth-order valence-corrected chi connectivity index (χ4v) is 4.08. The summed E-state index contributed by atoms with van der Waals surface area (Å²) < 4.78 is 0. The lowest BCUT2D eigenvalue weighted by Gasteiger charge is -2.34. The summed E-state index contributed by atoms with van der Waals surface area (Å²) in [6, 6.07) is 10.3. The average molecular weight is 268 g/mol. The number of fused-ring (bicyclic) bond motifs is 1. The fraction of sp³-hybridized carbons (Fsp3) is 0.526. The highest BCUT2D eigenvalue weighted by Gasteiger charge is 2.37. The van der Waals surface area contributed by atoms with Crippen molar-refractivity contribution < 1.29 is 4.79 Å². The molecule has 0 aliphatic heterocycles. The Morgan fingerprint density at radius 3 is 2.65 bits per heavy atom. The van der Waals surface area contributed by atoms with Crippen LogP contribution < -0.4 is 0 Å². The lowest BCUT2D eigenvalue weighted by Crippen LogP contribution is -2.31. The van der Waals surface area contributed by atoms with Crippen molar-refractivity contribution in [3.05, 3.63) is 41.5 Å². The van der Waals surface area contributed by atoms with E-state index in [1.807, 2.05) is 18.2 Å². The number of ketones is 1. The van der Waals surface area contributed by atoms with E-state index in [4.69, 9.17) is 0 Å². The molecule has 0 radical (unpaired) electrons. The summed E-state index contributed by atoms with van der Waals surface area (Å²) >= 11 is 0. The van der Waals surface area contributed by atoms with Crippen molar-refractivity contribution in [2.24, 2.45) is 17.8 Å². The molecular weight excluding hydrogens is 244 g/mol. The van der Waals surface area contributed by atoms with Crippen LogP contribution in [0.2, 0.25) is 0 Å². The number of Topliss-reactive ketones (excluding diaryl/α,β-unsaturated/α-hetero) is 1. The van der Waals surface area contributed by atoms with E-state index in [2.05, 4.69) is 25.1 Å². The van der Waals surface area contributed by atoms with Crippen molar-refractivity contribution in [2.75, 3.05) is 0 Å². The van der Waals surface area contributed by atoms with Crippen LogP contribution >= 0.6 is 0 Å². The van der Waals surface area contributed by atoms with Gasteiger partial charge in [-0.2, -0.15) is 0 Å². The molecule has 0 spiro atoms. The molecule has 1 heteroatoms. The molecule has 2 fully saturated rings. The molecule has 2 aliphatic rings. The molecular formula is C19H24O. The largest absolute Gasteiger partial charge is 0.294 e. The number of carbonyl (C=O) groups is 1. The van der Waals surface area contributed by atoms with E-state index < -0.39 is 0 Å². The van der Waals surface area contributed by atoms with Crippen LogP contribution in [0.15, 0.2) is 35.9 Å². The molecule has 2 aliphatic carbocycles. The van der Waals surface area contributed by atoms with Gasteiger partial charge in [-0.3, -0.25) is 4.79 Å². The van der Waals surface area contributed by atoms with Crippen LogP contribution in [0.5, 0.6) is 0 Å². The number of hydrogen-bond donors (Lipinski definition) is 0. The van der Waals surface area contributed by atoms with Crippen LogP contribution in [0.1, 0.15) is 51.0 Å². The van der Waals surface area contributed by atoms with E-state index in [1.165, 1.54) is 25.7 Å². The summed E-state index contributed by atoms with van der Waals surface area (Å²) in [5, 5.41) is 0. The smallest absolute Gasteiger partial charge is 0.162 e. The predicted molar refractivity (Wildman–Crippen MR) is 83.3 cm³/mol. The van der Waals surface area contributed by atoms with E-state index in [-0.39, 0.29) is 0 Å². The average Bonchev–Trinajstić information content (AvgIpc) is 2.62. The van der Waals surface area contributed by atoms with Crippen molar-refractivity contribution in [1.29, 1.82) is 0 Å². The van der Waals surface area contributed by atoms with Gasteiger partial charge in [-0.1, -0.05) is 50.1 Å². The topological polar surface area (TPSA) is 17.1 Å². The zero-order chi connectivity index (χ0) is 13.9. The number of carbonyl (C=O) groups excluding carboxylic acids is 1. The molecule has 0 aromatic heterocycles. The Kier molecular flexibility index (Phi) is 4.05. The van der Waals surface area contributed by atoms with Crippen LogP contribution in [0.3, 0.4) is 0 Å². The molecule has 0 bridgehead atoms. The van der Waals surface area contributed by atoms with E-state index >= 15 is 0 Å². The van der Waals surface area contributed by atoms with Crippen molar-refractivity contribution in [3.63, 3.8) is 0 Å². The molecule has 1 nitrogen and oxygen atoms in total. The molecule has 0 N–H and O–H groups in total. The molecule has 106 valence electrons. The Bertz CT molecular complexity index is 500. The first-order valence-electron chi connectivity index (χ1n) is 8.05. The minimum atomic E-state index is 0.302. The van der Waals surface area contributed by atoms with Gasteiger partial charge in [0.1, 0.15) is 0 Å². The third kappa shape index (κ3) is 2.72. The van der Waals surface area contributed by atoms with Crippen molar-refractivity contribution in [1.82, 2.24) is 0 Å². The van der Waals surface area contributed by atoms with Crippen molar-refractivity contribution in [3.8, 4) is 0 Å². The Morgan fingerprint density at radius 1 is 1.05 bits per heavy atom. The van der Waals surface area contributed by atoms with E-state index in [0.29, 0.717) is 17.6 Å². The van der Waals surface area contributed by atoms with Crippen molar-refractivity contribution in [2.45, 2.75) is 45.4 Å². The number of benzene rings is 1. The molecule has 2 saturated carbocycles. The zero-order valence-corrected chi connectivity index (χ0v) is 12.3. The van der Waals surface area contributed by atoms with Gasteiger partial charge in [0.25, 0.3) is 0 Å². The second kappa shape index (κ2) is 5.95. The SMILES string of the molecule is CC1CCCC2C(=O)/C(=C/c3ccccc3)CCCC12. The summed E-state index contributed by atoms with van der Waals surface area (Å²) in [4.78, 5) is 12.9. The second-order valence-electron chi connectivity index (χ2n) is 6.52. The highest BCUT2D eigenvalue weighted by atomic mass is 16.1. The lowest BCUT2D eigenvalue weighted by atomic mass is 9.70. The number of hydrogen-bond acceptors (Lipinski definition) is 1. The summed E-state index contributed by atoms with van der Waals surface area (Å²) in [7, 11) is 0. The van der Waals surface area contributed by atoms with Gasteiger partial charge in [-0.25, -0.2) is 0 Å². The van der Waals surface area contributed by atoms with Gasteiger partial charge >= 0.3 is 0 Å². The fourth-order valence-electron chi connectivity index (χ4n) is 4.08. The van der Waals surface area contributed by atoms with Crippen LogP contribution in [0, 0.1) is 17.8 Å². The molecule has 1 aromatic rings. The lowest BCUT2D eigenvalue weighted by molar-refractivity contribution is -0.122. The molecule has 3 rings (SSSR count). The molecule has 0 amide bonds. The van der Waals surface area contributed by atoms with E-state index in [1.54, 1.807) is 0 Å². The molecule has 1 aromatic carbocycles. The van der Waals surface area contributed by atoms with Gasteiger partial charge in [-0.05, 0) is 54.7 Å². The standard InChI is InChI=1S/C19H24O/c1-14-7-5-12-18-17(14)11-6-10-16(19(18)20)13-15-8-3-2-4-9-15/h2-4,8-9,13-14,17-18H,5-7,10-12H2,1H3/b16-13+. The van der Waals surface area contributed by atoms with Gasteiger partial charge < -0.3 is 0 Å². The van der Waals surface area contributed by atoms with Gasteiger partial charge in [-0.15, -0.1) is 0 Å². The Morgan fingerprint density at radius 2 is 1.85 bits per heavy atom. The minimum Gasteiger partial charge on any atom is -0.294 e. The molecule has 3 atom stereocenters. The Balaban J connectivity index is 1.87. The molecule has 0 saturated heterocycles. The zero-order valence-electron chi connectivity index (χ0n) is 12.3. The number of allylic oxidation sites excluding steroid dienone is 1. The number of rotatable bonds is 1. The summed E-state index contributed by atoms with van der Waals surface area (Å²) in [6.45, 7) is 2.34. The second-order valence-corrected chi connectivity index (χ2v) is 6.52. The maximum Gasteiger partial charge on any atom is 0.162 e. The van der Waals surface area contributed by atoms with Crippen LogP contribution in [-0.2, 0) is 4.79 Å². The summed E-state index contributed by atoms with van der Waals surface area (Å²) in [5.41, 5.74) is 2.23. The highest BCUT2D eigenvalue weighted by molar-refractivity contribution is 6.01. The first-order valence-corrected chi connectivity index (χ1v) is 8.05. The molecule has 0 heterocycles. The first-order chi connectivity index (χ1) is 9.75. The van der Waals surface area contributed by atoms with Crippen molar-refractivity contribution >= 4 is 11.9 Å². The van der Waals surface area contributed by atoms with Crippen LogP contribution in [0.4, 0.5) is 0 Å². The quantitative estimate of drug-likeness (QED) is 0.664. The summed E-state index contributed by atoms with van der Waals surface area (Å²) in [5.74, 6) is 2.12. The monoisotopic (exact) mass is 268 g/mol. The Hall–Kier alpha value is -1.37. The van der Waals surface area contributed by atoms with Gasteiger partial charge in [0.15, 0.2) is 5.78 Å². The van der Waals surface area contributed by atoms with Gasteiger partial charge in [0.05, 0.1) is 0 Å². The predicted octanol–water partition coefficient (Wildman–Crippen LogP) is 4.88. The maximum absolute atomic E-state index is 12.9. The van der Waals surface area contributed by atoms with Crippen LogP contribution in [-0.4, -0.2) is 5.78 Å². The van der Waals surface area contributed by atoms with Crippen LogP contribution in [0.25, 0.3) is 6.08 Å². The normalized spacial score (nSPS) is 32.8. The van der Waals surface area contributed by atoms with Gasteiger partial charge in [0, 0.05) is 5.92 Å². The maximum atomic E-state index is 12.9. The van der Waals surface area contributed by atoms with E-state index in [9.17, 15) is 4.79 Å². The third-order valence-corrected chi connectivity index (χ3v) is 5.20. The third-order valence-electron chi connectivity index (χ3n) is 5.20. The molecule has 3 unspecified atom stereocenters. The minimum absolute atomic E-state index is 0.302. The Labute approximate surface area is 122 Å².